The molecule has 1 amide bonds. The van der Waals surface area contributed by atoms with E-state index in [0.29, 0.717) is 49.2 Å². The van der Waals surface area contributed by atoms with Crippen LogP contribution in [0.25, 0.3) is 0 Å². The molecule has 0 saturated carbocycles. The molecule has 0 atom stereocenters. The molecule has 1 aliphatic rings. The summed E-state index contributed by atoms with van der Waals surface area (Å²) in [5, 5.41) is 2.79. The van der Waals surface area contributed by atoms with E-state index < -0.39 is 18.5 Å². The van der Waals surface area contributed by atoms with E-state index in [0.717, 1.165) is 28.5 Å². The molecule has 0 aliphatic carbocycles. The summed E-state index contributed by atoms with van der Waals surface area (Å²) in [6, 6.07) is 5.40. The van der Waals surface area contributed by atoms with Crippen molar-refractivity contribution >= 4 is 34.6 Å². The Bertz CT molecular complexity index is 952. The van der Waals surface area contributed by atoms with E-state index in [2.05, 4.69) is 10.2 Å². The van der Waals surface area contributed by atoms with Gasteiger partial charge in [0.05, 0.1) is 43.4 Å². The fourth-order valence-corrected chi connectivity index (χ4v) is 4.38. The van der Waals surface area contributed by atoms with Crippen LogP contribution in [0.3, 0.4) is 0 Å². The average molecular weight is 463 g/mol. The van der Waals surface area contributed by atoms with Crippen molar-refractivity contribution in [3.63, 3.8) is 0 Å². The van der Waals surface area contributed by atoms with E-state index >= 15 is 0 Å². The standard InChI is InChI=1S/C23H30N2O6S/c1-5-29-20-13-19(25-7-9-28-10-8-25)21(30-6-2)12-18(20)24-22(26)14-31-23(27)17-11-15(3)32-16(17)4/h11-13H,5-10,14H2,1-4H3,(H,24,26). The lowest BCUT2D eigenvalue weighted by Crippen LogP contribution is -2.36. The largest absolute Gasteiger partial charge is 0.492 e. The average Bonchev–Trinajstić information content (AvgIpc) is 3.12. The predicted molar refractivity (Wildman–Crippen MR) is 125 cm³/mol. The van der Waals surface area contributed by atoms with E-state index in [1.54, 1.807) is 12.1 Å². The summed E-state index contributed by atoms with van der Waals surface area (Å²) in [7, 11) is 0. The monoisotopic (exact) mass is 462 g/mol. The number of morpholine rings is 1. The summed E-state index contributed by atoms with van der Waals surface area (Å²) in [5.41, 5.74) is 1.85. The lowest BCUT2D eigenvalue weighted by molar-refractivity contribution is -0.119. The van der Waals surface area contributed by atoms with Crippen molar-refractivity contribution in [2.24, 2.45) is 0 Å². The number of ether oxygens (including phenoxy) is 4. The molecule has 174 valence electrons. The molecule has 2 heterocycles. The van der Waals surface area contributed by atoms with E-state index in [-0.39, 0.29) is 0 Å². The van der Waals surface area contributed by atoms with Crippen LogP contribution in [0, 0.1) is 13.8 Å². The Morgan fingerprint density at radius 2 is 1.75 bits per heavy atom. The topological polar surface area (TPSA) is 86.3 Å². The number of anilines is 2. The molecule has 1 fully saturated rings. The number of hydrogen-bond acceptors (Lipinski definition) is 8. The summed E-state index contributed by atoms with van der Waals surface area (Å²) < 4.78 is 22.3. The zero-order valence-electron chi connectivity index (χ0n) is 19.0. The maximum Gasteiger partial charge on any atom is 0.339 e. The SMILES string of the molecule is CCOc1cc(N2CCOCC2)c(OCC)cc1NC(=O)COC(=O)c1cc(C)sc1C. The van der Waals surface area contributed by atoms with Crippen molar-refractivity contribution in [1.82, 2.24) is 0 Å². The van der Waals surface area contributed by atoms with Gasteiger partial charge in [0, 0.05) is 35.0 Å². The summed E-state index contributed by atoms with van der Waals surface area (Å²) in [5.74, 6) is 0.214. The van der Waals surface area contributed by atoms with Crippen LogP contribution in [0.15, 0.2) is 18.2 Å². The molecule has 0 radical (unpaired) electrons. The highest BCUT2D eigenvalue weighted by atomic mass is 32.1. The number of carbonyl (C=O) groups excluding carboxylic acids is 2. The molecule has 1 aliphatic heterocycles. The summed E-state index contributed by atoms with van der Waals surface area (Å²) in [4.78, 5) is 28.9. The molecule has 1 aromatic heterocycles. The van der Waals surface area contributed by atoms with Gasteiger partial charge < -0.3 is 29.2 Å². The number of benzene rings is 1. The molecular weight excluding hydrogens is 432 g/mol. The Balaban J connectivity index is 1.74. The van der Waals surface area contributed by atoms with Gasteiger partial charge in [-0.25, -0.2) is 4.79 Å². The van der Waals surface area contributed by atoms with Gasteiger partial charge in [-0.05, 0) is 33.8 Å². The van der Waals surface area contributed by atoms with Crippen LogP contribution in [0.4, 0.5) is 11.4 Å². The van der Waals surface area contributed by atoms with Crippen molar-refractivity contribution in [2.75, 3.05) is 56.3 Å². The minimum Gasteiger partial charge on any atom is -0.492 e. The first-order valence-electron chi connectivity index (χ1n) is 10.7. The fraction of sp³-hybridized carbons (Fsp3) is 0.478. The van der Waals surface area contributed by atoms with Crippen LogP contribution in [-0.4, -0.2) is 58.0 Å². The number of aryl methyl sites for hydroxylation is 2. The van der Waals surface area contributed by atoms with Crippen molar-refractivity contribution in [1.29, 1.82) is 0 Å². The van der Waals surface area contributed by atoms with Gasteiger partial charge in [-0.3, -0.25) is 4.79 Å². The van der Waals surface area contributed by atoms with E-state index in [9.17, 15) is 9.59 Å². The molecular formula is C23H30N2O6S. The van der Waals surface area contributed by atoms with Crippen molar-refractivity contribution < 1.29 is 28.5 Å². The van der Waals surface area contributed by atoms with Crippen LogP contribution in [-0.2, 0) is 14.3 Å². The molecule has 2 aromatic rings. The van der Waals surface area contributed by atoms with Gasteiger partial charge in [-0.15, -0.1) is 11.3 Å². The molecule has 9 heteroatoms. The highest BCUT2D eigenvalue weighted by molar-refractivity contribution is 7.12. The Morgan fingerprint density at radius 3 is 2.38 bits per heavy atom. The van der Waals surface area contributed by atoms with Gasteiger partial charge in [0.1, 0.15) is 11.5 Å². The second kappa shape index (κ2) is 11.2. The highest BCUT2D eigenvalue weighted by Gasteiger charge is 2.21. The smallest absolute Gasteiger partial charge is 0.339 e. The summed E-state index contributed by atoms with van der Waals surface area (Å²) >= 11 is 1.52. The third-order valence-electron chi connectivity index (χ3n) is 4.88. The van der Waals surface area contributed by atoms with Crippen LogP contribution in [0.1, 0.15) is 34.0 Å². The predicted octanol–water partition coefficient (Wildman–Crippen LogP) is 3.79. The van der Waals surface area contributed by atoms with Crippen LogP contribution in [0.2, 0.25) is 0 Å². The molecule has 1 saturated heterocycles. The third-order valence-corrected chi connectivity index (χ3v) is 5.85. The van der Waals surface area contributed by atoms with E-state index in [1.807, 2.05) is 33.8 Å². The Labute approximate surface area is 192 Å². The molecule has 32 heavy (non-hydrogen) atoms. The molecule has 0 unspecified atom stereocenters. The lowest BCUT2D eigenvalue weighted by atomic mass is 10.2. The van der Waals surface area contributed by atoms with Crippen LogP contribution < -0.4 is 19.7 Å². The molecule has 8 nitrogen and oxygen atoms in total. The first kappa shape index (κ1) is 23.9. The summed E-state index contributed by atoms with van der Waals surface area (Å²) in [6.45, 7) is 10.9. The number of esters is 1. The highest BCUT2D eigenvalue weighted by Crippen LogP contribution is 2.39. The Kier molecular flexibility index (Phi) is 8.35. The van der Waals surface area contributed by atoms with Crippen molar-refractivity contribution in [3.8, 4) is 11.5 Å². The minimum atomic E-state index is -0.510. The second-order valence-electron chi connectivity index (χ2n) is 7.23. The Hall–Kier alpha value is -2.78. The number of nitrogens with one attached hydrogen (secondary N) is 1. The first-order valence-corrected chi connectivity index (χ1v) is 11.5. The maximum absolute atomic E-state index is 12.5. The van der Waals surface area contributed by atoms with Crippen molar-refractivity contribution in [2.45, 2.75) is 27.7 Å². The number of nitrogens with zero attached hydrogens (tertiary/aromatic N) is 1. The van der Waals surface area contributed by atoms with Gasteiger partial charge in [-0.1, -0.05) is 0 Å². The molecule has 0 bridgehead atoms. The number of amides is 1. The maximum atomic E-state index is 12.5. The normalized spacial score (nSPS) is 13.6. The molecule has 1 N–H and O–H groups in total. The van der Waals surface area contributed by atoms with Gasteiger partial charge >= 0.3 is 5.97 Å². The molecule has 1 aromatic carbocycles. The lowest BCUT2D eigenvalue weighted by Gasteiger charge is -2.31. The van der Waals surface area contributed by atoms with Gasteiger partial charge in [0.15, 0.2) is 6.61 Å². The summed E-state index contributed by atoms with van der Waals surface area (Å²) in [6.07, 6.45) is 0. The zero-order valence-corrected chi connectivity index (χ0v) is 19.8. The zero-order chi connectivity index (χ0) is 23.1. The quantitative estimate of drug-likeness (QED) is 0.567. The van der Waals surface area contributed by atoms with E-state index in [1.165, 1.54) is 11.3 Å². The third kappa shape index (κ3) is 5.92. The van der Waals surface area contributed by atoms with Crippen LogP contribution in [0.5, 0.6) is 11.5 Å². The number of carbonyl (C=O) groups is 2. The van der Waals surface area contributed by atoms with Gasteiger partial charge in [0.25, 0.3) is 5.91 Å². The fourth-order valence-electron chi connectivity index (χ4n) is 3.47. The van der Waals surface area contributed by atoms with Gasteiger partial charge in [-0.2, -0.15) is 0 Å². The first-order chi connectivity index (χ1) is 15.4. The van der Waals surface area contributed by atoms with Crippen molar-refractivity contribution in [3.05, 3.63) is 33.5 Å². The number of rotatable bonds is 9. The number of thiophene rings is 1. The number of hydrogen-bond donors (Lipinski definition) is 1. The minimum absolute atomic E-state index is 0.395. The molecule has 3 rings (SSSR count). The molecule has 0 spiro atoms. The second-order valence-corrected chi connectivity index (χ2v) is 8.69. The Morgan fingerprint density at radius 1 is 1.06 bits per heavy atom. The van der Waals surface area contributed by atoms with E-state index in [4.69, 9.17) is 18.9 Å². The van der Waals surface area contributed by atoms with Crippen LogP contribution >= 0.6 is 11.3 Å². The van der Waals surface area contributed by atoms with Gasteiger partial charge in [0.2, 0.25) is 0 Å².